The topological polar surface area (TPSA) is 61.2 Å². The summed E-state index contributed by atoms with van der Waals surface area (Å²) in [4.78, 5) is 33.6. The molecule has 33 heavy (non-hydrogen) atoms. The highest BCUT2D eigenvalue weighted by molar-refractivity contribution is 7.99. The first-order valence-electron chi connectivity index (χ1n) is 11.9. The van der Waals surface area contributed by atoms with Crippen molar-refractivity contribution in [3.8, 4) is 0 Å². The zero-order valence-corrected chi connectivity index (χ0v) is 20.8. The van der Waals surface area contributed by atoms with Crippen molar-refractivity contribution in [2.75, 3.05) is 5.75 Å². The molecule has 0 saturated heterocycles. The SMILES string of the molecule is CC(C)C1Cc2c(sc3nc(SCC(=O)c4ccccc4)n(C4CCCCC4)c(=O)c23)CO1. The number of thioether (sulfide) groups is 1. The maximum absolute atomic E-state index is 14.0. The minimum absolute atomic E-state index is 0.0591. The van der Waals surface area contributed by atoms with Crippen LogP contribution in [0, 0.1) is 5.92 Å². The van der Waals surface area contributed by atoms with Crippen molar-refractivity contribution in [2.24, 2.45) is 5.92 Å². The molecule has 0 N–H and O–H groups in total. The van der Waals surface area contributed by atoms with E-state index in [0.29, 0.717) is 23.2 Å². The van der Waals surface area contributed by atoms with Crippen molar-refractivity contribution < 1.29 is 9.53 Å². The lowest BCUT2D eigenvalue weighted by atomic mass is 9.94. The quantitative estimate of drug-likeness (QED) is 0.244. The molecule has 0 radical (unpaired) electrons. The number of rotatable bonds is 6. The van der Waals surface area contributed by atoms with Crippen molar-refractivity contribution in [1.82, 2.24) is 9.55 Å². The highest BCUT2D eigenvalue weighted by atomic mass is 32.2. The van der Waals surface area contributed by atoms with Gasteiger partial charge in [0.05, 0.1) is 23.8 Å². The fourth-order valence-corrected chi connectivity index (χ4v) is 7.07. The van der Waals surface area contributed by atoms with Crippen LogP contribution in [0.5, 0.6) is 0 Å². The molecule has 7 heteroatoms. The van der Waals surface area contributed by atoms with Gasteiger partial charge in [-0.1, -0.05) is 75.2 Å². The van der Waals surface area contributed by atoms with Gasteiger partial charge < -0.3 is 4.74 Å². The van der Waals surface area contributed by atoms with Gasteiger partial charge in [-0.05, 0) is 24.3 Å². The molecule has 0 bridgehead atoms. The summed E-state index contributed by atoms with van der Waals surface area (Å²) in [5.74, 6) is 0.738. The number of carbonyl (C=O) groups excluding carboxylic acids is 1. The second kappa shape index (κ2) is 9.72. The minimum Gasteiger partial charge on any atom is -0.372 e. The van der Waals surface area contributed by atoms with Crippen LogP contribution in [0.25, 0.3) is 10.2 Å². The average molecular weight is 483 g/mol. The molecule has 1 unspecified atom stereocenters. The lowest BCUT2D eigenvalue weighted by Gasteiger charge is -2.27. The maximum Gasteiger partial charge on any atom is 0.263 e. The van der Waals surface area contributed by atoms with E-state index in [9.17, 15) is 9.59 Å². The maximum atomic E-state index is 14.0. The van der Waals surface area contributed by atoms with Crippen LogP contribution in [0.4, 0.5) is 0 Å². The van der Waals surface area contributed by atoms with Crippen molar-refractivity contribution in [2.45, 2.75) is 76.3 Å². The second-order valence-corrected chi connectivity index (χ2v) is 11.4. The second-order valence-electron chi connectivity index (χ2n) is 9.42. The first kappa shape index (κ1) is 22.8. The standard InChI is InChI=1S/C26H30N2O3S2/c1-16(2)21-13-19-22(14-31-21)33-24-23(19)25(30)28(18-11-7-4-8-12-18)26(27-24)32-15-20(29)17-9-5-3-6-10-17/h3,5-6,9-10,16,18,21H,4,7-8,11-15H2,1-2H3. The lowest BCUT2D eigenvalue weighted by Crippen LogP contribution is -2.31. The van der Waals surface area contributed by atoms with Gasteiger partial charge in [-0.2, -0.15) is 0 Å². The van der Waals surface area contributed by atoms with Crippen LogP contribution in [-0.2, 0) is 17.8 Å². The molecule has 5 rings (SSSR count). The summed E-state index contributed by atoms with van der Waals surface area (Å²) >= 11 is 2.98. The third-order valence-corrected chi connectivity index (χ3v) is 8.91. The van der Waals surface area contributed by atoms with Gasteiger partial charge in [0.25, 0.3) is 5.56 Å². The molecule has 1 aliphatic carbocycles. The Morgan fingerprint density at radius 1 is 1.21 bits per heavy atom. The van der Waals surface area contributed by atoms with E-state index in [-0.39, 0.29) is 29.2 Å². The van der Waals surface area contributed by atoms with E-state index in [1.807, 2.05) is 34.9 Å². The summed E-state index contributed by atoms with van der Waals surface area (Å²) in [5, 5.41) is 1.47. The summed E-state index contributed by atoms with van der Waals surface area (Å²) in [7, 11) is 0. The number of nitrogens with zero attached hydrogens (tertiary/aromatic N) is 2. The predicted molar refractivity (Wildman–Crippen MR) is 135 cm³/mol. The molecule has 1 aromatic carbocycles. The number of fused-ring (bicyclic) bond motifs is 3. The van der Waals surface area contributed by atoms with Crippen molar-refractivity contribution in [3.05, 3.63) is 56.7 Å². The van der Waals surface area contributed by atoms with E-state index in [1.165, 1.54) is 18.2 Å². The van der Waals surface area contributed by atoms with Crippen LogP contribution in [0.1, 0.15) is 72.8 Å². The van der Waals surface area contributed by atoms with Crippen LogP contribution in [0.3, 0.4) is 0 Å². The molecule has 3 aromatic rings. The van der Waals surface area contributed by atoms with Crippen molar-refractivity contribution in [3.63, 3.8) is 0 Å². The van der Waals surface area contributed by atoms with Gasteiger partial charge in [-0.3, -0.25) is 14.2 Å². The molecule has 3 heterocycles. The average Bonchev–Trinajstić information content (AvgIpc) is 3.21. The zero-order chi connectivity index (χ0) is 22.9. The predicted octanol–water partition coefficient (Wildman–Crippen LogP) is 6.04. The van der Waals surface area contributed by atoms with E-state index >= 15 is 0 Å². The van der Waals surface area contributed by atoms with Crippen LogP contribution < -0.4 is 5.56 Å². The van der Waals surface area contributed by atoms with Crippen LogP contribution >= 0.6 is 23.1 Å². The van der Waals surface area contributed by atoms with E-state index in [1.54, 1.807) is 11.3 Å². The van der Waals surface area contributed by atoms with Gasteiger partial charge in [0.1, 0.15) is 4.83 Å². The Labute approximate surface area is 202 Å². The largest absolute Gasteiger partial charge is 0.372 e. The fraction of sp³-hybridized carbons (Fsp3) is 0.500. The fourth-order valence-electron chi connectivity index (χ4n) is 4.95. The number of ether oxygens (including phenoxy) is 1. The van der Waals surface area contributed by atoms with Gasteiger partial charge in [0.2, 0.25) is 0 Å². The Morgan fingerprint density at radius 3 is 2.70 bits per heavy atom. The number of hydrogen-bond acceptors (Lipinski definition) is 6. The number of ketones is 1. The number of Topliss-reactive ketones (excluding diaryl/α,β-unsaturated/α-hetero) is 1. The Kier molecular flexibility index (Phi) is 6.72. The molecule has 1 aliphatic heterocycles. The van der Waals surface area contributed by atoms with Gasteiger partial charge in [-0.25, -0.2) is 4.98 Å². The van der Waals surface area contributed by atoms with Gasteiger partial charge in [0.15, 0.2) is 10.9 Å². The number of benzene rings is 1. The van der Waals surface area contributed by atoms with Crippen LogP contribution in [-0.4, -0.2) is 27.2 Å². The Hall–Kier alpha value is -1.96. The normalized spacial score (nSPS) is 19.2. The minimum atomic E-state index is 0.0591. The number of hydrogen-bond donors (Lipinski definition) is 0. The molecule has 1 saturated carbocycles. The van der Waals surface area contributed by atoms with Gasteiger partial charge in [-0.15, -0.1) is 11.3 Å². The summed E-state index contributed by atoms with van der Waals surface area (Å²) in [6, 6.07) is 9.50. The zero-order valence-electron chi connectivity index (χ0n) is 19.2. The summed E-state index contributed by atoms with van der Waals surface area (Å²) in [6.45, 7) is 4.89. The Morgan fingerprint density at radius 2 is 1.97 bits per heavy atom. The number of thiophene rings is 1. The first-order valence-corrected chi connectivity index (χ1v) is 13.7. The molecular weight excluding hydrogens is 452 g/mol. The number of aromatic nitrogens is 2. The number of carbonyl (C=O) groups is 1. The summed E-state index contributed by atoms with van der Waals surface area (Å²) in [6.07, 6.45) is 6.38. The molecule has 1 fully saturated rings. The van der Waals surface area contributed by atoms with Gasteiger partial charge >= 0.3 is 0 Å². The highest BCUT2D eigenvalue weighted by Gasteiger charge is 2.30. The summed E-state index contributed by atoms with van der Waals surface area (Å²) < 4.78 is 7.99. The molecule has 0 amide bonds. The molecule has 174 valence electrons. The Bertz CT molecular complexity index is 1210. The van der Waals surface area contributed by atoms with E-state index in [2.05, 4.69) is 13.8 Å². The first-order chi connectivity index (χ1) is 16.0. The monoisotopic (exact) mass is 482 g/mol. The van der Waals surface area contributed by atoms with Crippen LogP contribution in [0.2, 0.25) is 0 Å². The molecular formula is C26H30N2O3S2. The molecule has 0 spiro atoms. The molecule has 2 aromatic heterocycles. The lowest BCUT2D eigenvalue weighted by molar-refractivity contribution is 0.00200. The van der Waals surface area contributed by atoms with Crippen LogP contribution in [0.15, 0.2) is 40.3 Å². The Balaban J connectivity index is 1.55. The van der Waals surface area contributed by atoms with E-state index in [0.717, 1.165) is 52.8 Å². The van der Waals surface area contributed by atoms with Crippen molar-refractivity contribution >= 4 is 39.1 Å². The van der Waals surface area contributed by atoms with E-state index in [4.69, 9.17) is 9.72 Å². The van der Waals surface area contributed by atoms with E-state index < -0.39 is 0 Å². The molecule has 5 nitrogen and oxygen atoms in total. The molecule has 1 atom stereocenters. The van der Waals surface area contributed by atoms with Crippen molar-refractivity contribution in [1.29, 1.82) is 0 Å². The van der Waals surface area contributed by atoms with Gasteiger partial charge in [0, 0.05) is 22.9 Å². The molecule has 2 aliphatic rings. The third kappa shape index (κ3) is 4.55. The highest BCUT2D eigenvalue weighted by Crippen LogP contribution is 2.37. The third-order valence-electron chi connectivity index (χ3n) is 6.85. The smallest absolute Gasteiger partial charge is 0.263 e. The summed E-state index contributed by atoms with van der Waals surface area (Å²) in [5.41, 5.74) is 1.91.